The molecule has 2 aromatic carbocycles. The molecule has 5 heteroatoms. The standard InChI is InChI=1S/C19H15Cl2NO2/c1-11-17(19(23)18(21)12(2)22-11)13-6-8-15(9-7-13)24-16-5-3-4-14(20)10-16/h3-10H,1-2H3,(H,22,23). The maximum Gasteiger partial charge on any atom is 0.208 e. The number of aryl methyl sites for hydroxylation is 2. The zero-order valence-corrected chi connectivity index (χ0v) is 14.7. The number of aromatic amines is 1. The van der Waals surface area contributed by atoms with E-state index in [9.17, 15) is 4.79 Å². The van der Waals surface area contributed by atoms with Crippen molar-refractivity contribution in [2.45, 2.75) is 13.8 Å². The number of H-pyrrole nitrogens is 1. The first kappa shape index (κ1) is 16.6. The number of halogens is 2. The van der Waals surface area contributed by atoms with Crippen molar-refractivity contribution in [3.8, 4) is 22.6 Å². The predicted octanol–water partition coefficient (Wildman–Crippen LogP) is 5.76. The van der Waals surface area contributed by atoms with Crippen molar-refractivity contribution >= 4 is 23.2 Å². The molecular weight excluding hydrogens is 345 g/mol. The number of ether oxygens (including phenoxy) is 1. The first-order valence-electron chi connectivity index (χ1n) is 7.38. The SMILES string of the molecule is Cc1[nH]c(C)c(-c2ccc(Oc3cccc(Cl)c3)cc2)c(=O)c1Cl. The highest BCUT2D eigenvalue weighted by atomic mass is 35.5. The van der Waals surface area contributed by atoms with Crippen molar-refractivity contribution in [2.75, 3.05) is 0 Å². The normalized spacial score (nSPS) is 10.7. The van der Waals surface area contributed by atoms with Gasteiger partial charge in [0.1, 0.15) is 16.5 Å². The van der Waals surface area contributed by atoms with Crippen LogP contribution in [0.25, 0.3) is 11.1 Å². The average molecular weight is 360 g/mol. The van der Waals surface area contributed by atoms with E-state index in [-0.39, 0.29) is 10.5 Å². The van der Waals surface area contributed by atoms with E-state index in [4.69, 9.17) is 27.9 Å². The molecule has 0 aliphatic rings. The molecule has 0 saturated heterocycles. The van der Waals surface area contributed by atoms with Gasteiger partial charge in [0, 0.05) is 22.0 Å². The van der Waals surface area contributed by atoms with Crippen molar-refractivity contribution in [2.24, 2.45) is 0 Å². The van der Waals surface area contributed by atoms with Gasteiger partial charge in [0.25, 0.3) is 0 Å². The van der Waals surface area contributed by atoms with Gasteiger partial charge in [-0.15, -0.1) is 0 Å². The Balaban J connectivity index is 1.93. The second kappa shape index (κ2) is 6.71. The molecule has 0 aliphatic heterocycles. The van der Waals surface area contributed by atoms with Gasteiger partial charge in [0.05, 0.1) is 0 Å². The van der Waals surface area contributed by atoms with Crippen molar-refractivity contribution in [1.29, 1.82) is 0 Å². The fraction of sp³-hybridized carbons (Fsp3) is 0.105. The lowest BCUT2D eigenvalue weighted by molar-refractivity contribution is 0.483. The average Bonchev–Trinajstić information content (AvgIpc) is 2.54. The van der Waals surface area contributed by atoms with Gasteiger partial charge in [-0.1, -0.05) is 41.4 Å². The Morgan fingerprint density at radius 3 is 2.29 bits per heavy atom. The van der Waals surface area contributed by atoms with Crippen LogP contribution in [0.4, 0.5) is 0 Å². The fourth-order valence-electron chi connectivity index (χ4n) is 2.55. The first-order valence-corrected chi connectivity index (χ1v) is 8.14. The molecule has 0 aliphatic carbocycles. The molecule has 3 aromatic rings. The number of benzene rings is 2. The molecule has 1 heterocycles. The third kappa shape index (κ3) is 3.32. The van der Waals surface area contributed by atoms with Gasteiger partial charge in [-0.05, 0) is 49.7 Å². The van der Waals surface area contributed by atoms with Gasteiger partial charge in [0.15, 0.2) is 0 Å². The molecular formula is C19H15Cl2NO2. The van der Waals surface area contributed by atoms with E-state index in [1.54, 1.807) is 19.1 Å². The third-order valence-corrected chi connectivity index (χ3v) is 4.37. The van der Waals surface area contributed by atoms with Crippen molar-refractivity contribution < 1.29 is 4.74 Å². The lowest BCUT2D eigenvalue weighted by Crippen LogP contribution is -2.11. The van der Waals surface area contributed by atoms with Gasteiger partial charge in [-0.25, -0.2) is 0 Å². The highest BCUT2D eigenvalue weighted by Crippen LogP contribution is 2.27. The minimum Gasteiger partial charge on any atom is -0.457 e. The molecule has 0 spiro atoms. The minimum absolute atomic E-state index is 0.172. The van der Waals surface area contributed by atoms with Crippen LogP contribution in [-0.2, 0) is 0 Å². The predicted molar refractivity (Wildman–Crippen MR) is 98.5 cm³/mol. The van der Waals surface area contributed by atoms with Crippen molar-refractivity contribution in [1.82, 2.24) is 4.98 Å². The van der Waals surface area contributed by atoms with E-state index in [1.807, 2.05) is 43.3 Å². The molecule has 0 radical (unpaired) electrons. The summed E-state index contributed by atoms with van der Waals surface area (Å²) in [5.41, 5.74) is 2.64. The second-order valence-electron chi connectivity index (χ2n) is 5.48. The lowest BCUT2D eigenvalue weighted by Gasteiger charge is -2.10. The van der Waals surface area contributed by atoms with Crippen LogP contribution >= 0.6 is 23.2 Å². The molecule has 0 amide bonds. The summed E-state index contributed by atoms with van der Waals surface area (Å²) in [4.78, 5) is 15.6. The van der Waals surface area contributed by atoms with Crippen LogP contribution in [0.2, 0.25) is 10.0 Å². The smallest absolute Gasteiger partial charge is 0.208 e. The van der Waals surface area contributed by atoms with E-state index in [2.05, 4.69) is 4.98 Å². The Labute approximate surface area is 149 Å². The molecule has 0 bridgehead atoms. The van der Waals surface area contributed by atoms with E-state index in [0.29, 0.717) is 27.8 Å². The molecule has 3 nitrogen and oxygen atoms in total. The summed E-state index contributed by atoms with van der Waals surface area (Å²) < 4.78 is 5.76. The molecule has 0 unspecified atom stereocenters. The van der Waals surface area contributed by atoms with Gasteiger partial charge in [-0.3, -0.25) is 4.79 Å². The largest absolute Gasteiger partial charge is 0.457 e. The summed E-state index contributed by atoms with van der Waals surface area (Å²) in [6, 6.07) is 14.5. The molecule has 122 valence electrons. The van der Waals surface area contributed by atoms with E-state index in [1.165, 1.54) is 0 Å². The molecule has 1 aromatic heterocycles. The van der Waals surface area contributed by atoms with Crippen LogP contribution in [0.1, 0.15) is 11.4 Å². The summed E-state index contributed by atoms with van der Waals surface area (Å²) >= 11 is 12.0. The Kier molecular flexibility index (Phi) is 4.65. The summed E-state index contributed by atoms with van der Waals surface area (Å²) in [7, 11) is 0. The van der Waals surface area contributed by atoms with Crippen LogP contribution in [0, 0.1) is 13.8 Å². The second-order valence-corrected chi connectivity index (χ2v) is 6.29. The third-order valence-electron chi connectivity index (χ3n) is 3.68. The number of aromatic nitrogens is 1. The molecule has 0 fully saturated rings. The Hall–Kier alpha value is -2.23. The van der Waals surface area contributed by atoms with E-state index < -0.39 is 0 Å². The van der Waals surface area contributed by atoms with Crippen LogP contribution in [0.15, 0.2) is 53.3 Å². The van der Waals surface area contributed by atoms with E-state index >= 15 is 0 Å². The molecule has 1 N–H and O–H groups in total. The lowest BCUT2D eigenvalue weighted by atomic mass is 10.0. The summed E-state index contributed by atoms with van der Waals surface area (Å²) in [6.45, 7) is 3.64. The number of hydrogen-bond donors (Lipinski definition) is 1. The molecule has 0 atom stereocenters. The van der Waals surface area contributed by atoms with Crippen LogP contribution in [0.3, 0.4) is 0 Å². The number of nitrogens with one attached hydrogen (secondary N) is 1. The van der Waals surface area contributed by atoms with Crippen molar-refractivity contribution in [3.63, 3.8) is 0 Å². The fourth-order valence-corrected chi connectivity index (χ4v) is 2.87. The topological polar surface area (TPSA) is 42.1 Å². The number of pyridine rings is 1. The molecule has 24 heavy (non-hydrogen) atoms. The highest BCUT2D eigenvalue weighted by molar-refractivity contribution is 6.31. The zero-order chi connectivity index (χ0) is 17.3. The molecule has 3 rings (SSSR count). The van der Waals surface area contributed by atoms with Gasteiger partial charge < -0.3 is 9.72 Å². The first-order chi connectivity index (χ1) is 11.5. The van der Waals surface area contributed by atoms with Gasteiger partial charge in [0.2, 0.25) is 5.43 Å². The summed E-state index contributed by atoms with van der Waals surface area (Å²) in [5.74, 6) is 1.32. The summed E-state index contributed by atoms with van der Waals surface area (Å²) in [5, 5.41) is 0.829. The quantitative estimate of drug-likeness (QED) is 0.645. The van der Waals surface area contributed by atoms with Gasteiger partial charge >= 0.3 is 0 Å². The number of hydrogen-bond acceptors (Lipinski definition) is 2. The zero-order valence-electron chi connectivity index (χ0n) is 13.2. The number of rotatable bonds is 3. The van der Waals surface area contributed by atoms with Crippen molar-refractivity contribution in [3.05, 3.63) is 80.2 Å². The summed E-state index contributed by atoms with van der Waals surface area (Å²) in [6.07, 6.45) is 0. The maximum absolute atomic E-state index is 12.4. The molecule has 0 saturated carbocycles. The Bertz CT molecular complexity index is 947. The minimum atomic E-state index is -0.172. The Morgan fingerprint density at radius 1 is 0.917 bits per heavy atom. The van der Waals surface area contributed by atoms with Crippen LogP contribution in [0.5, 0.6) is 11.5 Å². The van der Waals surface area contributed by atoms with Crippen LogP contribution in [-0.4, -0.2) is 4.98 Å². The monoisotopic (exact) mass is 359 g/mol. The maximum atomic E-state index is 12.4. The van der Waals surface area contributed by atoms with Gasteiger partial charge in [-0.2, -0.15) is 0 Å². The Morgan fingerprint density at radius 2 is 1.62 bits per heavy atom. The van der Waals surface area contributed by atoms with Crippen LogP contribution < -0.4 is 10.2 Å². The highest BCUT2D eigenvalue weighted by Gasteiger charge is 2.13. The van der Waals surface area contributed by atoms with E-state index in [0.717, 1.165) is 11.3 Å².